The molecule has 0 bridgehead atoms. The molecule has 0 aliphatic heterocycles. The van der Waals surface area contributed by atoms with Gasteiger partial charge in [-0.15, -0.1) is 0 Å². The first kappa shape index (κ1) is 18.8. The van der Waals surface area contributed by atoms with E-state index < -0.39 is 0 Å². The van der Waals surface area contributed by atoms with Gasteiger partial charge in [-0.3, -0.25) is 4.79 Å². The Hall–Kier alpha value is -4.18. The Morgan fingerprint density at radius 1 is 0.903 bits per heavy atom. The summed E-state index contributed by atoms with van der Waals surface area (Å²) >= 11 is 0. The van der Waals surface area contributed by atoms with Gasteiger partial charge in [0, 0.05) is 17.3 Å². The smallest absolute Gasteiger partial charge is 0.185 e. The van der Waals surface area contributed by atoms with Gasteiger partial charge in [-0.1, -0.05) is 54.6 Å². The van der Waals surface area contributed by atoms with Crippen LogP contribution in [-0.2, 0) is 0 Å². The third-order valence-corrected chi connectivity index (χ3v) is 5.19. The summed E-state index contributed by atoms with van der Waals surface area (Å²) in [4.78, 5) is 12.9. The largest absolute Gasteiger partial charge is 0.460 e. The zero-order valence-electron chi connectivity index (χ0n) is 17.0. The predicted octanol–water partition coefficient (Wildman–Crippen LogP) is 6.49. The maximum Gasteiger partial charge on any atom is 0.185 e. The van der Waals surface area contributed by atoms with Crippen molar-refractivity contribution in [3.8, 4) is 17.1 Å². The number of benzene rings is 3. The number of furan rings is 1. The molecule has 0 radical (unpaired) electrons. The van der Waals surface area contributed by atoms with Gasteiger partial charge in [0.2, 0.25) is 0 Å². The van der Waals surface area contributed by atoms with Crippen LogP contribution < -0.4 is 0 Å². The summed E-state index contributed by atoms with van der Waals surface area (Å²) in [5.41, 5.74) is 3.10. The molecule has 0 unspecified atom stereocenters. The Bertz CT molecular complexity index is 1410. The molecule has 5 rings (SSSR count). The van der Waals surface area contributed by atoms with Gasteiger partial charge in [0.25, 0.3) is 0 Å². The zero-order chi connectivity index (χ0) is 21.2. The molecular formula is C27H20N2O2. The van der Waals surface area contributed by atoms with E-state index in [4.69, 9.17) is 9.52 Å². The van der Waals surface area contributed by atoms with E-state index in [1.54, 1.807) is 16.8 Å². The molecule has 31 heavy (non-hydrogen) atoms. The summed E-state index contributed by atoms with van der Waals surface area (Å²) in [6, 6.07) is 27.4. The number of allylic oxidation sites excluding steroid dienone is 1. The highest BCUT2D eigenvalue weighted by atomic mass is 16.3. The second kappa shape index (κ2) is 7.92. The quantitative estimate of drug-likeness (QED) is 0.248. The summed E-state index contributed by atoms with van der Waals surface area (Å²) in [6.45, 7) is 1.90. The summed E-state index contributed by atoms with van der Waals surface area (Å²) in [5.74, 6) is 1.43. The van der Waals surface area contributed by atoms with Crippen LogP contribution in [0.3, 0.4) is 0 Å². The van der Waals surface area contributed by atoms with Crippen molar-refractivity contribution in [3.63, 3.8) is 0 Å². The number of carbonyl (C=O) groups excluding carboxylic acids is 1. The molecule has 5 aromatic rings. The van der Waals surface area contributed by atoms with Crippen LogP contribution in [0.1, 0.15) is 21.7 Å². The molecular weight excluding hydrogens is 384 g/mol. The lowest BCUT2D eigenvalue weighted by molar-refractivity contribution is 0.104. The topological polar surface area (TPSA) is 48.0 Å². The van der Waals surface area contributed by atoms with Gasteiger partial charge in [0.15, 0.2) is 11.5 Å². The minimum Gasteiger partial charge on any atom is -0.460 e. The molecule has 0 fully saturated rings. The third-order valence-electron chi connectivity index (χ3n) is 5.19. The molecule has 3 aromatic carbocycles. The predicted molar refractivity (Wildman–Crippen MR) is 123 cm³/mol. The van der Waals surface area contributed by atoms with Crippen molar-refractivity contribution in [1.29, 1.82) is 0 Å². The van der Waals surface area contributed by atoms with Crippen molar-refractivity contribution in [3.05, 3.63) is 114 Å². The maximum atomic E-state index is 12.9. The molecule has 0 spiro atoms. The van der Waals surface area contributed by atoms with E-state index in [1.165, 1.54) is 0 Å². The normalized spacial score (nSPS) is 11.4. The number of carbonyl (C=O) groups is 1. The fourth-order valence-corrected chi connectivity index (χ4v) is 3.58. The summed E-state index contributed by atoms with van der Waals surface area (Å²) < 4.78 is 7.60. The molecule has 0 atom stereocenters. The molecule has 0 N–H and O–H groups in total. The lowest BCUT2D eigenvalue weighted by Gasteiger charge is -2.00. The third kappa shape index (κ3) is 3.83. The van der Waals surface area contributed by atoms with Crippen molar-refractivity contribution in [2.24, 2.45) is 0 Å². The fraction of sp³-hybridized carbons (Fsp3) is 0.0370. The molecule has 150 valence electrons. The molecule has 4 heteroatoms. The van der Waals surface area contributed by atoms with Crippen LogP contribution in [-0.4, -0.2) is 15.6 Å². The van der Waals surface area contributed by atoms with Gasteiger partial charge in [0.05, 0.1) is 5.69 Å². The van der Waals surface area contributed by atoms with Crippen LogP contribution in [0.4, 0.5) is 0 Å². The van der Waals surface area contributed by atoms with Gasteiger partial charge >= 0.3 is 0 Å². The Balaban J connectivity index is 1.51. The number of nitrogens with zero attached hydrogens (tertiary/aromatic N) is 2. The number of hydrogen-bond acceptors (Lipinski definition) is 3. The average Bonchev–Trinajstić information content (AvgIpc) is 3.44. The van der Waals surface area contributed by atoms with E-state index in [-0.39, 0.29) is 5.78 Å². The van der Waals surface area contributed by atoms with Crippen molar-refractivity contribution in [2.45, 2.75) is 6.92 Å². The Labute approximate surface area is 180 Å². The number of ketones is 1. The maximum absolute atomic E-state index is 12.9. The molecule has 0 aliphatic carbocycles. The molecule has 0 saturated carbocycles. The highest BCUT2D eigenvalue weighted by molar-refractivity contribution is 6.08. The monoisotopic (exact) mass is 404 g/mol. The van der Waals surface area contributed by atoms with Crippen LogP contribution in [0.15, 0.2) is 102 Å². The summed E-state index contributed by atoms with van der Waals surface area (Å²) in [7, 11) is 0. The highest BCUT2D eigenvalue weighted by Crippen LogP contribution is 2.27. The van der Waals surface area contributed by atoms with E-state index in [0.717, 1.165) is 27.8 Å². The van der Waals surface area contributed by atoms with E-state index in [2.05, 4.69) is 0 Å². The summed E-state index contributed by atoms with van der Waals surface area (Å²) in [5, 5.41) is 6.88. The fourth-order valence-electron chi connectivity index (χ4n) is 3.58. The SMILES string of the molecule is Cc1ccc(-c2nn(-c3ccccc3)cc2/C=C/C(=O)c2ccc3ccccc3c2)o1. The van der Waals surface area contributed by atoms with Gasteiger partial charge < -0.3 is 4.42 Å². The van der Waals surface area contributed by atoms with Crippen LogP contribution in [0.25, 0.3) is 34.0 Å². The number of rotatable bonds is 5. The van der Waals surface area contributed by atoms with Crippen molar-refractivity contribution in [2.75, 3.05) is 0 Å². The van der Waals surface area contributed by atoms with E-state index in [9.17, 15) is 4.79 Å². The van der Waals surface area contributed by atoms with Gasteiger partial charge in [0.1, 0.15) is 11.5 Å². The highest BCUT2D eigenvalue weighted by Gasteiger charge is 2.14. The molecule has 0 amide bonds. The van der Waals surface area contributed by atoms with E-state index >= 15 is 0 Å². The molecule has 2 aromatic heterocycles. The van der Waals surface area contributed by atoms with Crippen molar-refractivity contribution < 1.29 is 9.21 Å². The van der Waals surface area contributed by atoms with Crippen LogP contribution >= 0.6 is 0 Å². The first-order chi connectivity index (χ1) is 15.2. The van der Waals surface area contributed by atoms with Crippen LogP contribution in [0, 0.1) is 6.92 Å². The number of aromatic nitrogens is 2. The van der Waals surface area contributed by atoms with Gasteiger partial charge in [-0.05, 0) is 60.2 Å². The molecule has 0 aliphatic rings. The standard InChI is InChI=1S/C27H20N2O2/c1-19-11-16-26(31-19)27-23(18-29(28-27)24-9-3-2-4-10-24)14-15-25(30)22-13-12-20-7-5-6-8-21(20)17-22/h2-18H,1H3/b15-14+. The Morgan fingerprint density at radius 3 is 2.45 bits per heavy atom. The van der Waals surface area contributed by atoms with Gasteiger partial charge in [-0.2, -0.15) is 5.10 Å². The minimum absolute atomic E-state index is 0.0558. The number of aryl methyl sites for hydroxylation is 1. The van der Waals surface area contributed by atoms with Crippen molar-refractivity contribution in [1.82, 2.24) is 9.78 Å². The number of fused-ring (bicyclic) bond motifs is 1. The second-order valence-corrected chi connectivity index (χ2v) is 7.38. The van der Waals surface area contributed by atoms with Gasteiger partial charge in [-0.25, -0.2) is 4.68 Å². The van der Waals surface area contributed by atoms with Crippen LogP contribution in [0.2, 0.25) is 0 Å². The second-order valence-electron chi connectivity index (χ2n) is 7.38. The first-order valence-corrected chi connectivity index (χ1v) is 10.1. The lowest BCUT2D eigenvalue weighted by atomic mass is 10.0. The first-order valence-electron chi connectivity index (χ1n) is 10.1. The summed E-state index contributed by atoms with van der Waals surface area (Å²) in [6.07, 6.45) is 5.31. The van der Waals surface area contributed by atoms with Crippen molar-refractivity contribution >= 4 is 22.6 Å². The van der Waals surface area contributed by atoms with E-state index in [0.29, 0.717) is 17.0 Å². The minimum atomic E-state index is -0.0558. The number of hydrogen-bond donors (Lipinski definition) is 0. The van der Waals surface area contributed by atoms with E-state index in [1.807, 2.05) is 98.0 Å². The zero-order valence-corrected chi connectivity index (χ0v) is 17.0. The molecule has 0 saturated heterocycles. The lowest BCUT2D eigenvalue weighted by Crippen LogP contribution is -1.93. The van der Waals surface area contributed by atoms with Crippen LogP contribution in [0.5, 0.6) is 0 Å². The number of para-hydroxylation sites is 1. The Kier molecular flexibility index (Phi) is 4.81. The average molecular weight is 404 g/mol. The molecule has 4 nitrogen and oxygen atoms in total. The Morgan fingerprint density at radius 2 is 1.68 bits per heavy atom. The molecule has 2 heterocycles.